The van der Waals surface area contributed by atoms with E-state index in [9.17, 15) is 9.18 Å². The molecule has 3 nitrogen and oxygen atoms in total. The number of hydrogen-bond acceptors (Lipinski definition) is 3. The van der Waals surface area contributed by atoms with Crippen LogP contribution in [0.4, 0.5) is 10.1 Å². The van der Waals surface area contributed by atoms with Crippen molar-refractivity contribution in [2.75, 3.05) is 31.4 Å². The van der Waals surface area contributed by atoms with Crippen molar-refractivity contribution in [1.82, 2.24) is 0 Å². The number of halogens is 2. The van der Waals surface area contributed by atoms with Gasteiger partial charge in [0.05, 0.1) is 18.1 Å². The van der Waals surface area contributed by atoms with E-state index < -0.39 is 5.67 Å². The number of carbonyl (C=O) groups excluding carboxylic acids is 1. The van der Waals surface area contributed by atoms with Crippen molar-refractivity contribution >= 4 is 27.4 Å². The van der Waals surface area contributed by atoms with Crippen LogP contribution in [0.5, 0.6) is 5.75 Å². The molecule has 1 aromatic rings. The maximum absolute atomic E-state index is 14.3. The van der Waals surface area contributed by atoms with E-state index in [0.717, 1.165) is 0 Å². The molecule has 0 aromatic heterocycles. The molecule has 0 bridgehead atoms. The Balaban J connectivity index is 3.59. The molecular weight excluding hydrogens is 313 g/mol. The third kappa shape index (κ3) is 3.47. The van der Waals surface area contributed by atoms with Crippen molar-refractivity contribution in [3.8, 4) is 5.75 Å². The van der Waals surface area contributed by atoms with Gasteiger partial charge in [0.25, 0.3) is 0 Å². The summed E-state index contributed by atoms with van der Waals surface area (Å²) >= 11 is 3.14. The predicted octanol–water partition coefficient (Wildman–Crippen LogP) is 3.54. The average Bonchev–Trinajstić information content (AvgIpc) is 2.34. The fraction of sp³-hybridized carbons (Fsp3) is 0.500. The largest absolute Gasteiger partial charge is 0.494 e. The summed E-state index contributed by atoms with van der Waals surface area (Å²) in [7, 11) is 5.16. The maximum Gasteiger partial charge on any atom is 0.173 e. The number of rotatable bonds is 5. The van der Waals surface area contributed by atoms with Gasteiger partial charge in [0.15, 0.2) is 5.78 Å². The molecule has 0 aliphatic carbocycles. The molecule has 0 amide bonds. The highest BCUT2D eigenvalue weighted by Gasteiger charge is 2.27. The Bertz CT molecular complexity index is 481. The fourth-order valence-corrected chi connectivity index (χ4v) is 2.16. The lowest BCUT2D eigenvalue weighted by Gasteiger charge is -2.25. The standard InChI is InChI=1S/C14H19BrFNO2/c1-14(2,16)10-6-9(12(18)8-15)7-11(17(3)4)13(10)19-5/h6-7H,8H2,1-5H3. The molecular formula is C14H19BrFNO2. The van der Waals surface area contributed by atoms with Crippen LogP contribution in [0.15, 0.2) is 12.1 Å². The summed E-state index contributed by atoms with van der Waals surface area (Å²) in [4.78, 5) is 13.6. The number of anilines is 1. The Morgan fingerprint density at radius 2 is 2.00 bits per heavy atom. The van der Waals surface area contributed by atoms with Crippen molar-refractivity contribution in [2.24, 2.45) is 0 Å². The maximum atomic E-state index is 14.3. The Morgan fingerprint density at radius 3 is 2.37 bits per heavy atom. The number of Topliss-reactive ketones (excluding diaryl/α,β-unsaturated/α-hetero) is 1. The number of ether oxygens (including phenoxy) is 1. The van der Waals surface area contributed by atoms with Gasteiger partial charge in [0.2, 0.25) is 0 Å². The van der Waals surface area contributed by atoms with Crippen molar-refractivity contribution in [3.05, 3.63) is 23.3 Å². The van der Waals surface area contributed by atoms with Crippen LogP contribution in [0, 0.1) is 0 Å². The number of hydrogen-bond donors (Lipinski definition) is 0. The van der Waals surface area contributed by atoms with Gasteiger partial charge in [-0.15, -0.1) is 0 Å². The number of alkyl halides is 2. The predicted molar refractivity (Wildman–Crippen MR) is 79.6 cm³/mol. The van der Waals surface area contributed by atoms with Gasteiger partial charge >= 0.3 is 0 Å². The first-order valence-corrected chi connectivity index (χ1v) is 7.02. The minimum absolute atomic E-state index is 0.0868. The monoisotopic (exact) mass is 331 g/mol. The highest BCUT2D eigenvalue weighted by Crippen LogP contribution is 2.40. The molecule has 1 rings (SSSR count). The van der Waals surface area contributed by atoms with Crippen LogP contribution in [0.3, 0.4) is 0 Å². The van der Waals surface area contributed by atoms with E-state index >= 15 is 0 Å². The van der Waals surface area contributed by atoms with Crippen LogP contribution in [0.2, 0.25) is 0 Å². The summed E-state index contributed by atoms with van der Waals surface area (Å²) in [6.07, 6.45) is 0. The quantitative estimate of drug-likeness (QED) is 0.610. The molecule has 106 valence electrons. The molecule has 0 fully saturated rings. The third-order valence-corrected chi connectivity index (χ3v) is 3.35. The molecule has 5 heteroatoms. The van der Waals surface area contributed by atoms with Crippen LogP contribution < -0.4 is 9.64 Å². The molecule has 0 aliphatic heterocycles. The van der Waals surface area contributed by atoms with Gasteiger partial charge in [0, 0.05) is 25.2 Å². The summed E-state index contributed by atoms with van der Waals surface area (Å²) < 4.78 is 19.7. The summed E-state index contributed by atoms with van der Waals surface area (Å²) in [5.74, 6) is 0.375. The van der Waals surface area contributed by atoms with E-state index in [1.807, 2.05) is 14.1 Å². The van der Waals surface area contributed by atoms with E-state index in [1.54, 1.807) is 17.0 Å². The minimum Gasteiger partial charge on any atom is -0.494 e. The lowest BCUT2D eigenvalue weighted by atomic mass is 9.94. The van der Waals surface area contributed by atoms with Gasteiger partial charge in [0.1, 0.15) is 11.4 Å². The minimum atomic E-state index is -1.58. The van der Waals surface area contributed by atoms with Gasteiger partial charge < -0.3 is 9.64 Å². The molecule has 0 unspecified atom stereocenters. The molecule has 0 saturated carbocycles. The van der Waals surface area contributed by atoms with Gasteiger partial charge in [-0.3, -0.25) is 4.79 Å². The lowest BCUT2D eigenvalue weighted by Crippen LogP contribution is -2.18. The van der Waals surface area contributed by atoms with Crippen molar-refractivity contribution in [1.29, 1.82) is 0 Å². The van der Waals surface area contributed by atoms with Gasteiger partial charge in [-0.1, -0.05) is 15.9 Å². The molecule has 0 N–H and O–H groups in total. The molecule has 0 heterocycles. The van der Waals surface area contributed by atoms with E-state index in [1.165, 1.54) is 21.0 Å². The average molecular weight is 332 g/mol. The van der Waals surface area contributed by atoms with Crippen molar-refractivity contribution in [2.45, 2.75) is 19.5 Å². The zero-order valence-corrected chi connectivity index (χ0v) is 13.5. The van der Waals surface area contributed by atoms with E-state index in [4.69, 9.17) is 4.74 Å². The van der Waals surface area contributed by atoms with E-state index in [2.05, 4.69) is 15.9 Å². The first-order valence-electron chi connectivity index (χ1n) is 5.90. The summed E-state index contributed by atoms with van der Waals surface area (Å²) in [6, 6.07) is 3.28. The van der Waals surface area contributed by atoms with Crippen LogP contribution >= 0.6 is 15.9 Å². The van der Waals surface area contributed by atoms with Gasteiger partial charge in [-0.25, -0.2) is 4.39 Å². The third-order valence-electron chi connectivity index (χ3n) is 2.84. The number of nitrogens with zero attached hydrogens (tertiary/aromatic N) is 1. The smallest absolute Gasteiger partial charge is 0.173 e. The Hall–Kier alpha value is -1.10. The number of carbonyl (C=O) groups is 1. The number of benzene rings is 1. The summed E-state index contributed by atoms with van der Waals surface area (Å²) in [6.45, 7) is 2.90. The van der Waals surface area contributed by atoms with Crippen LogP contribution in [0.25, 0.3) is 0 Å². The number of methoxy groups -OCH3 is 1. The normalized spacial score (nSPS) is 11.3. The summed E-state index contributed by atoms with van der Waals surface area (Å²) in [5.41, 5.74) is -0.0405. The highest BCUT2D eigenvalue weighted by molar-refractivity contribution is 9.09. The molecule has 0 atom stereocenters. The van der Waals surface area contributed by atoms with E-state index in [-0.39, 0.29) is 11.1 Å². The molecule has 0 aliphatic rings. The topological polar surface area (TPSA) is 29.5 Å². The zero-order chi connectivity index (χ0) is 14.8. The SMILES string of the molecule is COc1c(N(C)C)cc(C(=O)CBr)cc1C(C)(C)F. The Labute approximate surface area is 121 Å². The second kappa shape index (κ2) is 5.90. The van der Waals surface area contributed by atoms with E-state index in [0.29, 0.717) is 22.6 Å². The number of ketones is 1. The van der Waals surface area contributed by atoms with Crippen LogP contribution in [0.1, 0.15) is 29.8 Å². The molecule has 0 saturated heterocycles. The molecule has 19 heavy (non-hydrogen) atoms. The summed E-state index contributed by atoms with van der Waals surface area (Å²) in [5, 5.41) is 0.207. The Kier molecular flexibility index (Phi) is 4.96. The Morgan fingerprint density at radius 1 is 1.42 bits per heavy atom. The first-order chi connectivity index (χ1) is 8.72. The second-order valence-corrected chi connectivity index (χ2v) is 5.56. The second-order valence-electron chi connectivity index (χ2n) is 5.00. The first kappa shape index (κ1) is 16.0. The fourth-order valence-electron chi connectivity index (χ4n) is 1.84. The molecule has 0 radical (unpaired) electrons. The van der Waals surface area contributed by atoms with Crippen LogP contribution in [-0.2, 0) is 5.67 Å². The van der Waals surface area contributed by atoms with Crippen LogP contribution in [-0.4, -0.2) is 32.3 Å². The zero-order valence-electron chi connectivity index (χ0n) is 11.9. The van der Waals surface area contributed by atoms with Gasteiger partial charge in [-0.2, -0.15) is 0 Å². The molecule has 0 spiro atoms. The highest BCUT2D eigenvalue weighted by atomic mass is 79.9. The molecule has 1 aromatic carbocycles. The lowest BCUT2D eigenvalue weighted by molar-refractivity contribution is 0.102. The van der Waals surface area contributed by atoms with Crippen molar-refractivity contribution in [3.63, 3.8) is 0 Å². The van der Waals surface area contributed by atoms with Gasteiger partial charge in [-0.05, 0) is 26.0 Å². The van der Waals surface area contributed by atoms with Crippen molar-refractivity contribution < 1.29 is 13.9 Å².